The first-order valence-electron chi connectivity index (χ1n) is 8.27. The van der Waals surface area contributed by atoms with Crippen LogP contribution in [0, 0.1) is 6.92 Å². The number of carbonyl (C=O) groups is 1. The fourth-order valence-corrected chi connectivity index (χ4v) is 3.11. The van der Waals surface area contributed by atoms with Crippen molar-refractivity contribution in [2.45, 2.75) is 44.0 Å². The molecular weight excluding hydrogens is 336 g/mol. The van der Waals surface area contributed by atoms with E-state index in [2.05, 4.69) is 5.32 Å². The van der Waals surface area contributed by atoms with Gasteiger partial charge in [-0.25, -0.2) is 13.6 Å². The van der Waals surface area contributed by atoms with Crippen LogP contribution in [-0.2, 0) is 21.2 Å². The van der Waals surface area contributed by atoms with Crippen LogP contribution in [-0.4, -0.2) is 14.3 Å². The maximum Gasteiger partial charge on any atom is 0.238 e. The minimum Gasteiger partial charge on any atom is -0.349 e. The van der Waals surface area contributed by atoms with Gasteiger partial charge in [-0.3, -0.25) is 4.79 Å². The second-order valence-electron chi connectivity index (χ2n) is 6.13. The zero-order valence-electron chi connectivity index (χ0n) is 14.5. The summed E-state index contributed by atoms with van der Waals surface area (Å²) in [4.78, 5) is 12.3. The van der Waals surface area contributed by atoms with Crippen LogP contribution in [0.25, 0.3) is 0 Å². The number of primary sulfonamides is 1. The average molecular weight is 360 g/mol. The molecular formula is C19H24N2O3S. The number of aryl methyl sites for hydroxylation is 2. The fourth-order valence-electron chi connectivity index (χ4n) is 2.59. The molecule has 0 aliphatic heterocycles. The molecule has 3 N–H and O–H groups in total. The molecule has 134 valence electrons. The molecule has 6 heteroatoms. The summed E-state index contributed by atoms with van der Waals surface area (Å²) in [6.45, 7) is 4.07. The minimum absolute atomic E-state index is 0.00198. The highest BCUT2D eigenvalue weighted by Crippen LogP contribution is 2.17. The molecule has 0 saturated heterocycles. The van der Waals surface area contributed by atoms with Gasteiger partial charge in [0.25, 0.3) is 0 Å². The van der Waals surface area contributed by atoms with Gasteiger partial charge in [-0.2, -0.15) is 0 Å². The first-order valence-corrected chi connectivity index (χ1v) is 9.82. The van der Waals surface area contributed by atoms with Crippen LogP contribution < -0.4 is 10.5 Å². The summed E-state index contributed by atoms with van der Waals surface area (Å²) in [5, 5.41) is 8.13. The third-order valence-corrected chi connectivity index (χ3v) is 5.05. The van der Waals surface area contributed by atoms with E-state index in [1.165, 1.54) is 17.7 Å². The normalized spacial score (nSPS) is 12.6. The third-order valence-electron chi connectivity index (χ3n) is 4.12. The number of hydrogen-bond donors (Lipinski definition) is 2. The van der Waals surface area contributed by atoms with Crippen LogP contribution in [0.1, 0.15) is 42.5 Å². The quantitative estimate of drug-likeness (QED) is 0.795. The summed E-state index contributed by atoms with van der Waals surface area (Å²) in [6, 6.07) is 14.4. The van der Waals surface area contributed by atoms with Gasteiger partial charge in [0, 0.05) is 6.42 Å². The molecule has 2 rings (SSSR count). The van der Waals surface area contributed by atoms with Gasteiger partial charge in [-0.1, -0.05) is 48.9 Å². The zero-order valence-corrected chi connectivity index (χ0v) is 15.3. The van der Waals surface area contributed by atoms with Crippen molar-refractivity contribution in [3.8, 4) is 0 Å². The van der Waals surface area contributed by atoms with E-state index >= 15 is 0 Å². The lowest BCUT2D eigenvalue weighted by molar-refractivity contribution is -0.121. The van der Waals surface area contributed by atoms with Crippen LogP contribution in [0.15, 0.2) is 53.4 Å². The summed E-state index contributed by atoms with van der Waals surface area (Å²) >= 11 is 0. The Kier molecular flexibility index (Phi) is 6.33. The number of nitrogens with one attached hydrogen (secondary N) is 1. The largest absolute Gasteiger partial charge is 0.349 e. The van der Waals surface area contributed by atoms with Crippen LogP contribution in [0.2, 0.25) is 0 Å². The number of carbonyl (C=O) groups excluding carboxylic acids is 1. The molecule has 0 aliphatic rings. The highest BCUT2D eigenvalue weighted by molar-refractivity contribution is 7.89. The molecule has 0 aliphatic carbocycles. The number of benzene rings is 2. The van der Waals surface area contributed by atoms with E-state index in [0.717, 1.165) is 17.5 Å². The zero-order chi connectivity index (χ0) is 18.4. The highest BCUT2D eigenvalue weighted by atomic mass is 32.2. The van der Waals surface area contributed by atoms with Gasteiger partial charge in [0.15, 0.2) is 0 Å². The summed E-state index contributed by atoms with van der Waals surface area (Å²) < 4.78 is 22.5. The van der Waals surface area contributed by atoms with Gasteiger partial charge in [0.05, 0.1) is 10.9 Å². The van der Waals surface area contributed by atoms with Gasteiger partial charge >= 0.3 is 0 Å². The smallest absolute Gasteiger partial charge is 0.238 e. The summed E-state index contributed by atoms with van der Waals surface area (Å²) in [7, 11) is -3.68. The number of amides is 1. The van der Waals surface area contributed by atoms with Crippen molar-refractivity contribution in [1.82, 2.24) is 5.32 Å². The first-order chi connectivity index (χ1) is 11.8. The lowest BCUT2D eigenvalue weighted by Crippen LogP contribution is -2.28. The number of sulfonamides is 1. The van der Waals surface area contributed by atoms with E-state index < -0.39 is 10.0 Å². The molecule has 25 heavy (non-hydrogen) atoms. The Balaban J connectivity index is 1.92. The van der Waals surface area contributed by atoms with E-state index in [0.29, 0.717) is 12.8 Å². The van der Waals surface area contributed by atoms with Gasteiger partial charge in [0.1, 0.15) is 0 Å². The number of rotatable bonds is 7. The Bertz CT molecular complexity index is 813. The summed E-state index contributed by atoms with van der Waals surface area (Å²) in [5.41, 5.74) is 3.18. The predicted molar refractivity (Wildman–Crippen MR) is 98.5 cm³/mol. The molecule has 0 heterocycles. The first kappa shape index (κ1) is 19.1. The Labute approximate surface area is 149 Å². The lowest BCUT2D eigenvalue weighted by Gasteiger charge is -2.17. The van der Waals surface area contributed by atoms with E-state index in [1.807, 2.05) is 38.1 Å². The molecule has 0 aromatic heterocycles. The minimum atomic E-state index is -3.68. The number of nitrogens with two attached hydrogens (primary N) is 1. The molecule has 1 atom stereocenters. The summed E-state index contributed by atoms with van der Waals surface area (Å²) in [5.74, 6) is -0.0250. The maximum atomic E-state index is 12.2. The molecule has 0 fully saturated rings. The van der Waals surface area contributed by atoms with Gasteiger partial charge in [0.2, 0.25) is 15.9 Å². The second-order valence-corrected chi connectivity index (χ2v) is 7.69. The molecule has 1 unspecified atom stereocenters. The van der Waals surface area contributed by atoms with E-state index in [1.54, 1.807) is 12.1 Å². The molecule has 0 saturated carbocycles. The maximum absolute atomic E-state index is 12.2. The summed E-state index contributed by atoms with van der Waals surface area (Å²) in [6.07, 6.45) is 1.70. The van der Waals surface area contributed by atoms with E-state index in [4.69, 9.17) is 5.14 Å². The van der Waals surface area contributed by atoms with Crippen molar-refractivity contribution >= 4 is 15.9 Å². The van der Waals surface area contributed by atoms with Crippen molar-refractivity contribution in [3.63, 3.8) is 0 Å². The number of hydrogen-bond acceptors (Lipinski definition) is 3. The van der Waals surface area contributed by atoms with Crippen LogP contribution in [0.4, 0.5) is 0 Å². The van der Waals surface area contributed by atoms with Crippen molar-refractivity contribution in [2.75, 3.05) is 0 Å². The molecule has 5 nitrogen and oxygen atoms in total. The van der Waals surface area contributed by atoms with Gasteiger partial charge in [-0.05, 0) is 43.0 Å². The van der Waals surface area contributed by atoms with E-state index in [-0.39, 0.29) is 16.8 Å². The standard InChI is InChI=1S/C19H24N2O3S/c1-3-18(16-9-4-14(2)5-10-16)21-19(22)13-8-15-6-11-17(12-7-15)25(20,23)24/h4-7,9-12,18H,3,8,13H2,1-2H3,(H,21,22)(H2,20,23,24). The van der Waals surface area contributed by atoms with Crippen molar-refractivity contribution in [2.24, 2.45) is 5.14 Å². The van der Waals surface area contributed by atoms with E-state index in [9.17, 15) is 13.2 Å². The fraction of sp³-hybridized carbons (Fsp3) is 0.316. The van der Waals surface area contributed by atoms with Crippen LogP contribution in [0.3, 0.4) is 0 Å². The van der Waals surface area contributed by atoms with Crippen LogP contribution >= 0.6 is 0 Å². The molecule has 0 radical (unpaired) electrons. The predicted octanol–water partition coefficient (Wildman–Crippen LogP) is 2.84. The van der Waals surface area contributed by atoms with Gasteiger partial charge in [-0.15, -0.1) is 0 Å². The topological polar surface area (TPSA) is 89.3 Å². The Hall–Kier alpha value is -2.18. The molecule has 1 amide bonds. The highest BCUT2D eigenvalue weighted by Gasteiger charge is 2.13. The van der Waals surface area contributed by atoms with Crippen LogP contribution in [0.5, 0.6) is 0 Å². The molecule has 2 aromatic rings. The van der Waals surface area contributed by atoms with Gasteiger partial charge < -0.3 is 5.32 Å². The second kappa shape index (κ2) is 8.27. The lowest BCUT2D eigenvalue weighted by atomic mass is 10.0. The molecule has 2 aromatic carbocycles. The van der Waals surface area contributed by atoms with Crippen molar-refractivity contribution in [1.29, 1.82) is 0 Å². The monoisotopic (exact) mass is 360 g/mol. The third kappa shape index (κ3) is 5.69. The average Bonchev–Trinajstić information content (AvgIpc) is 2.58. The van der Waals surface area contributed by atoms with Crippen molar-refractivity contribution in [3.05, 3.63) is 65.2 Å². The Morgan fingerprint density at radius 2 is 1.68 bits per heavy atom. The Morgan fingerprint density at radius 1 is 1.08 bits per heavy atom. The Morgan fingerprint density at radius 3 is 2.20 bits per heavy atom. The SMILES string of the molecule is CCC(NC(=O)CCc1ccc(S(N)(=O)=O)cc1)c1ccc(C)cc1. The molecule has 0 bridgehead atoms. The molecule has 0 spiro atoms. The van der Waals surface area contributed by atoms with Crippen molar-refractivity contribution < 1.29 is 13.2 Å².